The van der Waals surface area contributed by atoms with Crippen LogP contribution in [0.4, 0.5) is 11.4 Å². The van der Waals surface area contributed by atoms with E-state index in [0.29, 0.717) is 41.2 Å². The molecule has 1 unspecified atom stereocenters. The van der Waals surface area contributed by atoms with E-state index in [9.17, 15) is 23.1 Å². The van der Waals surface area contributed by atoms with Gasteiger partial charge in [0.25, 0.3) is 0 Å². The first-order valence-corrected chi connectivity index (χ1v) is 15.0. The number of ketones is 1. The summed E-state index contributed by atoms with van der Waals surface area (Å²) in [4.78, 5) is 26.4. The van der Waals surface area contributed by atoms with Crippen LogP contribution in [0.25, 0.3) is 11.1 Å². The summed E-state index contributed by atoms with van der Waals surface area (Å²) in [5, 5.41) is 13.7. The number of rotatable bonds is 10. The maximum absolute atomic E-state index is 13.7. The number of nitrogens with one attached hydrogen (secondary N) is 2. The molecule has 0 spiro atoms. The van der Waals surface area contributed by atoms with E-state index in [-0.39, 0.29) is 34.9 Å². The highest BCUT2D eigenvalue weighted by Gasteiger charge is 2.35. The lowest BCUT2D eigenvalue weighted by atomic mass is 9.82. The van der Waals surface area contributed by atoms with Crippen LogP contribution in [-0.4, -0.2) is 50.3 Å². The Kier molecular flexibility index (Phi) is 9.02. The number of carboxylic acids is 1. The zero-order valence-corrected chi connectivity index (χ0v) is 24.8. The lowest BCUT2D eigenvalue weighted by molar-refractivity contribution is -0.160. The van der Waals surface area contributed by atoms with E-state index in [1.807, 2.05) is 26.0 Å². The molecule has 1 aliphatic heterocycles. The van der Waals surface area contributed by atoms with Crippen molar-refractivity contribution in [2.75, 3.05) is 29.4 Å². The summed E-state index contributed by atoms with van der Waals surface area (Å²) < 4.78 is 39.3. The quantitative estimate of drug-likeness (QED) is 0.315. The minimum absolute atomic E-state index is 0.0764. The molecule has 3 N–H and O–H groups in total. The Morgan fingerprint density at radius 3 is 2.44 bits per heavy atom. The molecule has 2 aromatic carbocycles. The second-order valence-corrected chi connectivity index (χ2v) is 13.0. The van der Waals surface area contributed by atoms with Crippen LogP contribution in [0.1, 0.15) is 80.6 Å². The van der Waals surface area contributed by atoms with Crippen molar-refractivity contribution >= 4 is 33.2 Å². The van der Waals surface area contributed by atoms with Gasteiger partial charge >= 0.3 is 5.97 Å². The van der Waals surface area contributed by atoms with Crippen molar-refractivity contribution in [1.82, 2.24) is 0 Å². The molecule has 0 saturated heterocycles. The Bertz CT molecular complexity index is 1380. The predicted octanol–water partition coefficient (Wildman–Crippen LogP) is 5.71. The molecule has 2 aromatic rings. The van der Waals surface area contributed by atoms with Crippen molar-refractivity contribution in [2.24, 2.45) is 5.92 Å². The van der Waals surface area contributed by atoms with Gasteiger partial charge < -0.3 is 19.9 Å². The second-order valence-electron chi connectivity index (χ2n) is 11.2. The van der Waals surface area contributed by atoms with E-state index in [1.165, 1.54) is 0 Å². The molecule has 9 nitrogen and oxygen atoms in total. The molecule has 214 valence electrons. The number of carboxylic acid groups (broad SMARTS) is 1. The van der Waals surface area contributed by atoms with E-state index in [1.54, 1.807) is 40.7 Å². The Morgan fingerprint density at radius 2 is 1.87 bits per heavy atom. The van der Waals surface area contributed by atoms with Gasteiger partial charge in [0.05, 0.1) is 23.2 Å². The molecule has 2 atom stereocenters. The third-order valence-corrected chi connectivity index (χ3v) is 7.32. The van der Waals surface area contributed by atoms with Gasteiger partial charge in [-0.15, -0.1) is 0 Å². The number of fused-ring (bicyclic) bond motifs is 1. The number of benzene rings is 2. The Morgan fingerprint density at radius 1 is 1.21 bits per heavy atom. The van der Waals surface area contributed by atoms with Crippen LogP contribution >= 0.6 is 0 Å². The Balaban J connectivity index is 2.47. The van der Waals surface area contributed by atoms with Gasteiger partial charge in [-0.1, -0.05) is 26.3 Å². The lowest BCUT2D eigenvalue weighted by Crippen LogP contribution is -2.29. The van der Waals surface area contributed by atoms with Crippen LogP contribution in [0.3, 0.4) is 0 Å². The summed E-state index contributed by atoms with van der Waals surface area (Å²) in [6.07, 6.45) is 0.570. The van der Waals surface area contributed by atoms with E-state index in [2.05, 4.69) is 10.0 Å². The molecule has 0 bridgehead atoms. The zero-order valence-electron chi connectivity index (χ0n) is 24.0. The average molecular weight is 561 g/mol. The second kappa shape index (κ2) is 11.6. The predicted molar refractivity (Wildman–Crippen MR) is 153 cm³/mol. The molecule has 39 heavy (non-hydrogen) atoms. The lowest BCUT2D eigenvalue weighted by Gasteiger charge is -2.31. The van der Waals surface area contributed by atoms with Gasteiger partial charge in [-0.2, -0.15) is 0 Å². The summed E-state index contributed by atoms with van der Waals surface area (Å²) in [5.41, 5.74) is 2.52. The van der Waals surface area contributed by atoms with Crippen LogP contribution in [0.2, 0.25) is 0 Å². The highest BCUT2D eigenvalue weighted by Crippen LogP contribution is 2.45. The van der Waals surface area contributed by atoms with Crippen molar-refractivity contribution in [3.63, 3.8) is 0 Å². The maximum atomic E-state index is 13.7. The smallest absolute Gasteiger partial charge is 0.337 e. The number of sulfonamides is 1. The fourth-order valence-electron chi connectivity index (χ4n) is 4.83. The number of Topliss-reactive ketones (excluding diaryl/α,β-unsaturated/α-hetero) is 1. The van der Waals surface area contributed by atoms with Crippen molar-refractivity contribution in [2.45, 2.75) is 73.0 Å². The fraction of sp³-hybridized carbons (Fsp3) is 0.517. The number of aliphatic carboxylic acids is 1. The maximum Gasteiger partial charge on any atom is 0.337 e. The summed E-state index contributed by atoms with van der Waals surface area (Å²) in [6.45, 7) is 13.7. The minimum Gasteiger partial charge on any atom is -0.490 e. The standard InChI is InChI=1S/C29H40N2O7S/c1-9-16(2)14-21(32)24-17(3)23(19-10-11-22-20(15-19)30-12-13-37-22)25(18(4)26(24)31-39(8,35)36)27(28(33)34)38-29(5,6)7/h10-11,15-16,27,30-31H,9,12-14H2,1-8H3,(H,33,34)/t16-,27?/m1/s1. The van der Waals surface area contributed by atoms with E-state index in [4.69, 9.17) is 9.47 Å². The molecule has 0 amide bonds. The fourth-order valence-corrected chi connectivity index (χ4v) is 5.46. The minimum atomic E-state index is -3.81. The number of carbonyl (C=O) groups excluding carboxylic acids is 1. The molecular formula is C29H40N2O7S. The SMILES string of the molecule is CC[C@@H](C)CC(=O)c1c(C)c(-c2ccc3c(c2)NCCO3)c(C(OC(C)(C)C)C(=O)O)c(C)c1NS(C)(=O)=O. The van der Waals surface area contributed by atoms with Gasteiger partial charge in [0.2, 0.25) is 10.0 Å². The molecule has 1 aliphatic rings. The highest BCUT2D eigenvalue weighted by molar-refractivity contribution is 7.92. The Hall–Kier alpha value is -3.11. The van der Waals surface area contributed by atoms with Gasteiger partial charge in [-0.05, 0) is 74.9 Å². The van der Waals surface area contributed by atoms with Crippen LogP contribution < -0.4 is 14.8 Å². The highest BCUT2D eigenvalue weighted by atomic mass is 32.2. The first-order chi connectivity index (χ1) is 18.0. The number of hydrogen-bond acceptors (Lipinski definition) is 7. The van der Waals surface area contributed by atoms with Crippen molar-refractivity contribution < 1.29 is 32.6 Å². The molecule has 0 radical (unpaired) electrons. The molecule has 0 saturated carbocycles. The van der Waals surface area contributed by atoms with Crippen LogP contribution in [0, 0.1) is 19.8 Å². The van der Waals surface area contributed by atoms with E-state index >= 15 is 0 Å². The topological polar surface area (TPSA) is 131 Å². The van der Waals surface area contributed by atoms with Crippen molar-refractivity contribution in [1.29, 1.82) is 0 Å². The average Bonchev–Trinajstić information content (AvgIpc) is 2.82. The van der Waals surface area contributed by atoms with Gasteiger partial charge in [0, 0.05) is 24.1 Å². The summed E-state index contributed by atoms with van der Waals surface area (Å²) in [6, 6.07) is 5.49. The Labute approximate surface area is 231 Å². The van der Waals surface area contributed by atoms with Crippen LogP contribution in [0.5, 0.6) is 5.75 Å². The number of ether oxygens (including phenoxy) is 2. The summed E-state index contributed by atoms with van der Waals surface area (Å²) >= 11 is 0. The molecule has 0 aliphatic carbocycles. The third-order valence-electron chi connectivity index (χ3n) is 6.75. The normalized spacial score (nSPS) is 15.0. The molecule has 1 heterocycles. The van der Waals surface area contributed by atoms with E-state index in [0.717, 1.165) is 18.4 Å². The summed E-state index contributed by atoms with van der Waals surface area (Å²) in [5.74, 6) is -0.693. The number of anilines is 2. The van der Waals surface area contributed by atoms with Gasteiger partial charge in [-0.3, -0.25) is 9.52 Å². The molecule has 3 rings (SSSR count). The van der Waals surface area contributed by atoms with Gasteiger partial charge in [0.1, 0.15) is 12.4 Å². The van der Waals surface area contributed by atoms with Crippen molar-refractivity contribution in [3.05, 3.63) is 40.5 Å². The molecular weight excluding hydrogens is 520 g/mol. The number of hydrogen-bond donors (Lipinski definition) is 3. The van der Waals surface area contributed by atoms with Gasteiger partial charge in [-0.25, -0.2) is 13.2 Å². The first kappa shape index (κ1) is 30.4. The number of carbonyl (C=O) groups is 2. The monoisotopic (exact) mass is 560 g/mol. The van der Waals surface area contributed by atoms with Gasteiger partial charge in [0.15, 0.2) is 11.9 Å². The van der Waals surface area contributed by atoms with E-state index < -0.39 is 27.7 Å². The molecule has 10 heteroatoms. The molecule has 0 fully saturated rings. The van der Waals surface area contributed by atoms with Crippen LogP contribution in [0.15, 0.2) is 18.2 Å². The third kappa shape index (κ3) is 7.10. The largest absolute Gasteiger partial charge is 0.490 e. The van der Waals surface area contributed by atoms with Crippen molar-refractivity contribution in [3.8, 4) is 16.9 Å². The first-order valence-electron chi connectivity index (χ1n) is 13.1. The summed E-state index contributed by atoms with van der Waals surface area (Å²) in [7, 11) is -3.81. The van der Waals surface area contributed by atoms with Crippen LogP contribution in [-0.2, 0) is 19.6 Å². The zero-order chi connectivity index (χ0) is 29.3. The molecule has 0 aromatic heterocycles.